The van der Waals surface area contributed by atoms with Gasteiger partial charge in [-0.25, -0.2) is 0 Å². The average molecular weight is 795 g/mol. The highest BCUT2D eigenvalue weighted by Crippen LogP contribution is 2.54. The molecule has 0 fully saturated rings. The predicted molar refractivity (Wildman–Crippen MR) is 263 cm³/mol. The molecule has 13 rings (SSSR count). The van der Waals surface area contributed by atoms with Crippen molar-refractivity contribution in [2.24, 2.45) is 0 Å². The molecule has 0 N–H and O–H groups in total. The minimum Gasteiger partial charge on any atom is -0.454 e. The number of rotatable bonds is 6. The Morgan fingerprint density at radius 1 is 0.371 bits per heavy atom. The zero-order valence-corrected chi connectivity index (χ0v) is 35.1. The van der Waals surface area contributed by atoms with Crippen LogP contribution in [0.15, 0.2) is 186 Å². The van der Waals surface area contributed by atoms with Crippen molar-refractivity contribution in [3.05, 3.63) is 204 Å². The molecule has 0 aliphatic heterocycles. The van der Waals surface area contributed by atoms with Crippen LogP contribution in [-0.2, 0) is 5.41 Å². The van der Waals surface area contributed by atoms with Crippen LogP contribution in [0.1, 0.15) is 36.1 Å². The van der Waals surface area contributed by atoms with Crippen LogP contribution in [0.5, 0.6) is 0 Å². The van der Waals surface area contributed by atoms with Gasteiger partial charge >= 0.3 is 0 Å². The summed E-state index contributed by atoms with van der Waals surface area (Å²) in [5.41, 5.74) is 13.6. The second-order valence-corrected chi connectivity index (χ2v) is 17.8. The van der Waals surface area contributed by atoms with E-state index in [-0.39, 0.29) is 5.41 Å². The minimum atomic E-state index is -0.135. The van der Waals surface area contributed by atoms with E-state index in [2.05, 4.69) is 213 Å². The quantitative estimate of drug-likeness (QED) is 0.156. The van der Waals surface area contributed by atoms with Gasteiger partial charge in [0.15, 0.2) is 5.58 Å². The molecule has 0 unspecified atom stereocenters. The van der Waals surface area contributed by atoms with E-state index in [0.29, 0.717) is 0 Å². The second-order valence-electron chi connectivity index (χ2n) is 17.8. The Labute approximate surface area is 360 Å². The summed E-state index contributed by atoms with van der Waals surface area (Å²) >= 11 is 0. The molecule has 11 aromatic carbocycles. The molecule has 0 saturated carbocycles. The van der Waals surface area contributed by atoms with Crippen molar-refractivity contribution in [1.29, 1.82) is 0 Å². The summed E-state index contributed by atoms with van der Waals surface area (Å²) in [5, 5.41) is 15.1. The maximum absolute atomic E-state index is 6.73. The number of furan rings is 1. The Morgan fingerprint density at radius 2 is 0.935 bits per heavy atom. The molecule has 1 aliphatic carbocycles. The molecule has 294 valence electrons. The summed E-state index contributed by atoms with van der Waals surface area (Å²) in [6, 6.07) is 67.1. The Hall–Kier alpha value is -7.62. The van der Waals surface area contributed by atoms with Gasteiger partial charge in [-0.2, -0.15) is 0 Å². The molecule has 3 heteroatoms. The first-order valence-corrected chi connectivity index (χ1v) is 21.7. The lowest BCUT2D eigenvalue weighted by Gasteiger charge is -2.31. The largest absolute Gasteiger partial charge is 0.454 e. The number of para-hydroxylation sites is 4. The van der Waals surface area contributed by atoms with Gasteiger partial charge in [0.2, 0.25) is 0 Å². The Morgan fingerprint density at radius 3 is 1.65 bits per heavy atom. The van der Waals surface area contributed by atoms with Crippen LogP contribution in [0.4, 0.5) is 34.1 Å². The van der Waals surface area contributed by atoms with Crippen molar-refractivity contribution in [2.75, 3.05) is 9.80 Å². The molecule has 0 radical (unpaired) electrons. The van der Waals surface area contributed by atoms with E-state index in [0.717, 1.165) is 44.7 Å². The fourth-order valence-electron chi connectivity index (χ4n) is 11.1. The molecule has 0 atom stereocenters. The third kappa shape index (κ3) is 4.76. The first kappa shape index (κ1) is 35.2. The SMILES string of the molecule is Cc1cc(N(c2ccccc2)c2cc3c4c(ccc5cccc(c54)C3(C)C)c2)c2ccc3c(C)cc(N(c4ccccc4)c4cccc5c4oc4ccccc45)c4ccc1c2c34. The first-order chi connectivity index (χ1) is 30.3. The summed E-state index contributed by atoms with van der Waals surface area (Å²) in [6.45, 7) is 9.32. The topological polar surface area (TPSA) is 19.6 Å². The fourth-order valence-corrected chi connectivity index (χ4v) is 11.1. The zero-order valence-electron chi connectivity index (χ0n) is 35.1. The summed E-state index contributed by atoms with van der Waals surface area (Å²) in [4.78, 5) is 4.91. The molecule has 1 aromatic heterocycles. The normalized spacial score (nSPS) is 13.3. The van der Waals surface area contributed by atoms with Gasteiger partial charge in [0.1, 0.15) is 5.58 Å². The van der Waals surface area contributed by atoms with E-state index in [9.17, 15) is 0 Å². The number of hydrogen-bond donors (Lipinski definition) is 0. The molecule has 0 bridgehead atoms. The molecule has 12 aromatic rings. The molecule has 62 heavy (non-hydrogen) atoms. The van der Waals surface area contributed by atoms with Crippen LogP contribution in [0.25, 0.3) is 75.8 Å². The summed E-state index contributed by atoms with van der Waals surface area (Å²) in [6.07, 6.45) is 0. The van der Waals surface area contributed by atoms with Gasteiger partial charge in [0, 0.05) is 44.0 Å². The number of fused-ring (bicyclic) bond motifs is 3. The van der Waals surface area contributed by atoms with Crippen LogP contribution in [0.2, 0.25) is 0 Å². The lowest BCUT2D eigenvalue weighted by molar-refractivity contribution is 0.663. The van der Waals surface area contributed by atoms with E-state index >= 15 is 0 Å². The molecular formula is C59H42N2O. The van der Waals surface area contributed by atoms with Crippen LogP contribution < -0.4 is 9.80 Å². The molecular weight excluding hydrogens is 753 g/mol. The summed E-state index contributed by atoms with van der Waals surface area (Å²) in [5.74, 6) is 0. The molecule has 0 spiro atoms. The number of benzene rings is 11. The lowest BCUT2D eigenvalue weighted by Crippen LogP contribution is -2.17. The van der Waals surface area contributed by atoms with E-state index < -0.39 is 0 Å². The Bertz CT molecular complexity index is 3810. The van der Waals surface area contributed by atoms with Crippen molar-refractivity contribution in [2.45, 2.75) is 33.1 Å². The molecule has 3 nitrogen and oxygen atoms in total. The summed E-state index contributed by atoms with van der Waals surface area (Å²) in [7, 11) is 0. The Balaban J connectivity index is 1.09. The second kappa shape index (κ2) is 12.7. The maximum Gasteiger partial charge on any atom is 0.159 e. The number of anilines is 6. The van der Waals surface area contributed by atoms with E-state index in [4.69, 9.17) is 4.42 Å². The maximum atomic E-state index is 6.73. The highest BCUT2D eigenvalue weighted by Gasteiger charge is 2.35. The van der Waals surface area contributed by atoms with Gasteiger partial charge in [-0.3, -0.25) is 0 Å². The van der Waals surface area contributed by atoms with Gasteiger partial charge in [0.05, 0.1) is 17.1 Å². The third-order valence-electron chi connectivity index (χ3n) is 14.0. The fraction of sp³-hybridized carbons (Fsp3) is 0.0847. The van der Waals surface area contributed by atoms with Gasteiger partial charge in [-0.1, -0.05) is 135 Å². The van der Waals surface area contributed by atoms with Gasteiger partial charge in [-0.15, -0.1) is 0 Å². The van der Waals surface area contributed by atoms with Gasteiger partial charge in [-0.05, 0) is 140 Å². The highest BCUT2D eigenvalue weighted by molar-refractivity contribution is 6.30. The van der Waals surface area contributed by atoms with Crippen molar-refractivity contribution in [1.82, 2.24) is 0 Å². The smallest absolute Gasteiger partial charge is 0.159 e. The van der Waals surface area contributed by atoms with Crippen molar-refractivity contribution in [3.63, 3.8) is 0 Å². The monoisotopic (exact) mass is 794 g/mol. The number of aryl methyl sites for hydroxylation is 2. The van der Waals surface area contributed by atoms with Crippen molar-refractivity contribution >= 4 is 110 Å². The predicted octanol–water partition coefficient (Wildman–Crippen LogP) is 17.0. The van der Waals surface area contributed by atoms with Crippen LogP contribution in [-0.4, -0.2) is 0 Å². The molecule has 1 aliphatic rings. The van der Waals surface area contributed by atoms with Gasteiger partial charge < -0.3 is 14.2 Å². The molecule has 1 heterocycles. The standard InChI is InChI=1S/C59H42N2O/c1-35-31-51(60(39-16-7-5-8-17-39)41-33-38-26-25-37-15-13-22-48-54(37)55(38)49(34-41)59(48,3)4)46-29-27-43-36(2)32-52(47-30-28-42(35)56(46)57(43)47)61(40-18-9-6-10-19-40)50-23-14-21-45-44-20-11-12-24-53(44)62-58(45)50/h5-34H,1-4H3. The zero-order chi connectivity index (χ0) is 41.4. The van der Waals surface area contributed by atoms with E-state index in [1.165, 1.54) is 87.5 Å². The van der Waals surface area contributed by atoms with Crippen molar-refractivity contribution < 1.29 is 4.42 Å². The highest BCUT2D eigenvalue weighted by atomic mass is 16.3. The van der Waals surface area contributed by atoms with E-state index in [1.807, 2.05) is 6.07 Å². The van der Waals surface area contributed by atoms with E-state index in [1.54, 1.807) is 0 Å². The summed E-state index contributed by atoms with van der Waals surface area (Å²) < 4.78 is 6.73. The number of nitrogens with zero attached hydrogens (tertiary/aromatic N) is 2. The third-order valence-corrected chi connectivity index (χ3v) is 14.0. The van der Waals surface area contributed by atoms with Crippen LogP contribution in [0, 0.1) is 13.8 Å². The van der Waals surface area contributed by atoms with Crippen molar-refractivity contribution in [3.8, 4) is 0 Å². The van der Waals surface area contributed by atoms with Gasteiger partial charge in [0.25, 0.3) is 0 Å². The first-order valence-electron chi connectivity index (χ1n) is 21.7. The Kier molecular flexibility index (Phi) is 7.20. The molecule has 0 saturated heterocycles. The average Bonchev–Trinajstić information content (AvgIpc) is 3.80. The number of hydrogen-bond acceptors (Lipinski definition) is 3. The minimum absolute atomic E-state index is 0.135. The lowest BCUT2D eigenvalue weighted by atomic mass is 9.81. The molecule has 0 amide bonds. The van der Waals surface area contributed by atoms with Crippen LogP contribution >= 0.6 is 0 Å². The van der Waals surface area contributed by atoms with Crippen LogP contribution in [0.3, 0.4) is 0 Å².